The summed E-state index contributed by atoms with van der Waals surface area (Å²) in [4.78, 5) is 43.1. The molecule has 4 rings (SSSR count). The molecule has 1 aliphatic heterocycles. The minimum Gasteiger partial charge on any atom is -0.364 e. The third kappa shape index (κ3) is 3.76. The zero-order valence-electron chi connectivity index (χ0n) is 17.7. The molecule has 164 valence electrons. The van der Waals surface area contributed by atoms with Gasteiger partial charge in [0.25, 0.3) is 0 Å². The smallest absolute Gasteiger partial charge is 0.241 e. The van der Waals surface area contributed by atoms with Crippen molar-refractivity contribution in [2.75, 3.05) is 7.05 Å². The number of carbonyl (C=O) groups is 3. The molecule has 3 amide bonds. The quantitative estimate of drug-likeness (QED) is 0.632. The molecule has 2 atom stereocenters. The number of hydrogen-bond acceptors (Lipinski definition) is 5. The predicted molar refractivity (Wildman–Crippen MR) is 114 cm³/mol. The summed E-state index contributed by atoms with van der Waals surface area (Å²) in [7, 11) is 1.66. The first kappa shape index (κ1) is 21.6. The van der Waals surface area contributed by atoms with Crippen LogP contribution >= 0.6 is 11.6 Å². The number of halogens is 1. The third-order valence-electron chi connectivity index (χ3n) is 6.74. The Morgan fingerprint density at radius 1 is 1.29 bits per heavy atom. The van der Waals surface area contributed by atoms with E-state index in [0.29, 0.717) is 16.3 Å². The van der Waals surface area contributed by atoms with Gasteiger partial charge in [-0.05, 0) is 31.4 Å². The number of carbonyl (C=O) groups excluding carboxylic acids is 3. The molecule has 1 saturated carbocycles. The van der Waals surface area contributed by atoms with Crippen LogP contribution in [0.2, 0.25) is 5.02 Å². The minimum atomic E-state index is -1.30. The molecule has 0 radical (unpaired) electrons. The van der Waals surface area contributed by atoms with Crippen molar-refractivity contribution in [3.63, 3.8) is 0 Å². The Balaban J connectivity index is 1.69. The second-order valence-corrected chi connectivity index (χ2v) is 8.93. The fraction of sp³-hybridized carbons (Fsp3) is 0.478. The maximum atomic E-state index is 13.8. The normalized spacial score (nSPS) is 22.9. The number of likely N-dealkylation sites (tertiary alicyclic amines) is 1. The van der Waals surface area contributed by atoms with Crippen LogP contribution in [0.25, 0.3) is 0 Å². The second-order valence-electron chi connectivity index (χ2n) is 8.53. The zero-order valence-corrected chi connectivity index (χ0v) is 18.5. The summed E-state index contributed by atoms with van der Waals surface area (Å²) in [6.45, 7) is 1.84. The lowest BCUT2D eigenvalue weighted by atomic mass is 9.75. The summed E-state index contributed by atoms with van der Waals surface area (Å²) < 4.78 is 4.90. The Labute approximate surface area is 186 Å². The molecule has 7 nitrogen and oxygen atoms in total. The molecule has 8 heteroatoms. The SMILES string of the molecule is C[C@H](c1ccon1)N(C)C(=O)C[C@]1(c2ccccc2Cl)CC(=O)N(C2CCCC2)C1=O. The topological polar surface area (TPSA) is 83.7 Å². The maximum absolute atomic E-state index is 13.8. The van der Waals surface area contributed by atoms with Crippen LogP contribution in [-0.4, -0.2) is 45.8 Å². The van der Waals surface area contributed by atoms with Crippen LogP contribution < -0.4 is 0 Å². The standard InChI is InChI=1S/C23H26ClN3O4/c1-15(19-11-12-31-25-19)26(2)20(28)13-23(17-9-5-6-10-18(17)24)14-21(29)27(22(23)30)16-7-3-4-8-16/h5-6,9-12,15-16H,3-4,7-8,13-14H2,1-2H3/t15-,23-/m1/s1. The van der Waals surface area contributed by atoms with Crippen molar-refractivity contribution in [2.45, 2.75) is 62.9 Å². The van der Waals surface area contributed by atoms with E-state index in [0.717, 1.165) is 25.7 Å². The number of hydrogen-bond donors (Lipinski definition) is 0. The average Bonchev–Trinajstić information content (AvgIpc) is 3.50. The van der Waals surface area contributed by atoms with E-state index in [-0.39, 0.29) is 42.6 Å². The predicted octanol–water partition coefficient (Wildman–Crippen LogP) is 3.88. The van der Waals surface area contributed by atoms with Crippen LogP contribution in [0.15, 0.2) is 41.1 Å². The molecule has 2 aliphatic rings. The van der Waals surface area contributed by atoms with E-state index in [1.54, 1.807) is 37.4 Å². The van der Waals surface area contributed by atoms with Gasteiger partial charge in [-0.1, -0.05) is 47.8 Å². The monoisotopic (exact) mass is 443 g/mol. The van der Waals surface area contributed by atoms with Gasteiger partial charge < -0.3 is 9.42 Å². The van der Waals surface area contributed by atoms with Gasteiger partial charge in [0.15, 0.2) is 0 Å². The van der Waals surface area contributed by atoms with E-state index in [4.69, 9.17) is 16.1 Å². The van der Waals surface area contributed by atoms with Crippen molar-refractivity contribution in [2.24, 2.45) is 0 Å². The summed E-state index contributed by atoms with van der Waals surface area (Å²) in [6, 6.07) is 8.27. The van der Waals surface area contributed by atoms with Crippen molar-refractivity contribution >= 4 is 29.3 Å². The highest BCUT2D eigenvalue weighted by atomic mass is 35.5. The Bertz CT molecular complexity index is 986. The highest BCUT2D eigenvalue weighted by molar-refractivity contribution is 6.32. The van der Waals surface area contributed by atoms with Gasteiger partial charge in [0.2, 0.25) is 17.7 Å². The fourth-order valence-electron chi connectivity index (χ4n) is 4.82. The van der Waals surface area contributed by atoms with Gasteiger partial charge in [-0.2, -0.15) is 0 Å². The molecule has 2 aromatic rings. The molecular formula is C23H26ClN3O4. The van der Waals surface area contributed by atoms with E-state index in [9.17, 15) is 14.4 Å². The van der Waals surface area contributed by atoms with E-state index < -0.39 is 5.41 Å². The van der Waals surface area contributed by atoms with Gasteiger partial charge in [0.05, 0.1) is 11.5 Å². The molecule has 31 heavy (non-hydrogen) atoms. The summed E-state index contributed by atoms with van der Waals surface area (Å²) in [5.74, 6) is -0.796. The highest BCUT2D eigenvalue weighted by Crippen LogP contribution is 2.45. The van der Waals surface area contributed by atoms with Gasteiger partial charge >= 0.3 is 0 Å². The molecule has 1 aliphatic carbocycles. The number of nitrogens with zero attached hydrogens (tertiary/aromatic N) is 3. The average molecular weight is 444 g/mol. The highest BCUT2D eigenvalue weighted by Gasteiger charge is 2.56. The minimum absolute atomic E-state index is 0.0516. The summed E-state index contributed by atoms with van der Waals surface area (Å²) >= 11 is 6.49. The van der Waals surface area contributed by atoms with Crippen molar-refractivity contribution < 1.29 is 18.9 Å². The number of amides is 3. The van der Waals surface area contributed by atoms with Crippen molar-refractivity contribution in [3.05, 3.63) is 52.9 Å². The Kier molecular flexibility index (Phi) is 5.88. The van der Waals surface area contributed by atoms with Crippen LogP contribution in [0.4, 0.5) is 0 Å². The summed E-state index contributed by atoms with van der Waals surface area (Å²) in [5, 5.41) is 4.30. The Morgan fingerprint density at radius 2 is 2.00 bits per heavy atom. The second kappa shape index (κ2) is 8.46. The van der Waals surface area contributed by atoms with Gasteiger partial charge in [-0.15, -0.1) is 0 Å². The molecule has 1 saturated heterocycles. The molecule has 1 aromatic heterocycles. The lowest BCUT2D eigenvalue weighted by molar-refractivity contribution is -0.145. The van der Waals surface area contributed by atoms with Gasteiger partial charge in [0.1, 0.15) is 12.0 Å². The molecule has 2 fully saturated rings. The van der Waals surface area contributed by atoms with E-state index in [1.807, 2.05) is 6.92 Å². The zero-order chi connectivity index (χ0) is 22.2. The number of imide groups is 1. The van der Waals surface area contributed by atoms with Crippen LogP contribution in [0, 0.1) is 0 Å². The molecular weight excluding hydrogens is 418 g/mol. The maximum Gasteiger partial charge on any atom is 0.241 e. The first-order valence-electron chi connectivity index (χ1n) is 10.6. The van der Waals surface area contributed by atoms with E-state index in [2.05, 4.69) is 5.16 Å². The fourth-order valence-corrected chi connectivity index (χ4v) is 5.14. The van der Waals surface area contributed by atoms with Crippen molar-refractivity contribution in [1.82, 2.24) is 15.0 Å². The Hall–Kier alpha value is -2.67. The van der Waals surface area contributed by atoms with Crippen LogP contribution in [0.1, 0.15) is 62.7 Å². The number of aromatic nitrogens is 1. The third-order valence-corrected chi connectivity index (χ3v) is 7.07. The molecule has 2 heterocycles. The van der Waals surface area contributed by atoms with Gasteiger partial charge in [0, 0.05) is 37.0 Å². The molecule has 0 N–H and O–H groups in total. The van der Waals surface area contributed by atoms with Crippen molar-refractivity contribution in [1.29, 1.82) is 0 Å². The Morgan fingerprint density at radius 3 is 2.65 bits per heavy atom. The lowest BCUT2D eigenvalue weighted by Crippen LogP contribution is -2.45. The van der Waals surface area contributed by atoms with Crippen LogP contribution in [-0.2, 0) is 19.8 Å². The van der Waals surface area contributed by atoms with Crippen molar-refractivity contribution in [3.8, 4) is 0 Å². The van der Waals surface area contributed by atoms with Gasteiger partial charge in [-0.3, -0.25) is 19.3 Å². The number of benzene rings is 1. The number of rotatable bonds is 6. The summed E-state index contributed by atoms with van der Waals surface area (Å²) in [5.41, 5.74) is -0.150. The first-order chi connectivity index (χ1) is 14.8. The van der Waals surface area contributed by atoms with Crippen LogP contribution in [0.5, 0.6) is 0 Å². The molecule has 0 spiro atoms. The lowest BCUT2D eigenvalue weighted by Gasteiger charge is -2.32. The van der Waals surface area contributed by atoms with E-state index in [1.165, 1.54) is 16.1 Å². The summed E-state index contributed by atoms with van der Waals surface area (Å²) in [6.07, 6.45) is 4.89. The molecule has 0 bridgehead atoms. The largest absolute Gasteiger partial charge is 0.364 e. The first-order valence-corrected chi connectivity index (χ1v) is 11.0. The molecule has 0 unspecified atom stereocenters. The van der Waals surface area contributed by atoms with E-state index >= 15 is 0 Å². The van der Waals surface area contributed by atoms with Crippen LogP contribution in [0.3, 0.4) is 0 Å². The molecule has 1 aromatic carbocycles. The van der Waals surface area contributed by atoms with Gasteiger partial charge in [-0.25, -0.2) is 0 Å².